The van der Waals surface area contributed by atoms with Crippen LogP contribution in [0.2, 0.25) is 0 Å². The minimum atomic E-state index is 0.674. The molecule has 2 heterocycles. The third kappa shape index (κ3) is 3.37. The molecule has 0 aromatic carbocycles. The van der Waals surface area contributed by atoms with Gasteiger partial charge in [-0.05, 0) is 56.9 Å². The van der Waals surface area contributed by atoms with E-state index in [1.807, 2.05) is 7.11 Å². The van der Waals surface area contributed by atoms with Gasteiger partial charge in [0, 0.05) is 26.3 Å². The van der Waals surface area contributed by atoms with Gasteiger partial charge in [0.1, 0.15) is 0 Å². The van der Waals surface area contributed by atoms with Crippen molar-refractivity contribution in [3.05, 3.63) is 0 Å². The van der Waals surface area contributed by atoms with Gasteiger partial charge in [-0.3, -0.25) is 4.90 Å². The van der Waals surface area contributed by atoms with E-state index in [0.29, 0.717) is 6.17 Å². The average molecular weight is 280 g/mol. The molecule has 0 spiro atoms. The fraction of sp³-hybridized carbons (Fsp3) is 1.00. The zero-order valence-corrected chi connectivity index (χ0v) is 13.2. The summed E-state index contributed by atoms with van der Waals surface area (Å²) in [5.41, 5.74) is 0. The molecule has 0 radical (unpaired) electrons. The van der Waals surface area contributed by atoms with Crippen molar-refractivity contribution in [3.8, 4) is 0 Å². The van der Waals surface area contributed by atoms with Gasteiger partial charge in [-0.1, -0.05) is 19.3 Å². The Bertz CT molecular complexity index is 291. The third-order valence-corrected chi connectivity index (χ3v) is 5.80. The highest BCUT2D eigenvalue weighted by atomic mass is 16.5. The minimum Gasteiger partial charge on any atom is -0.385 e. The second-order valence-electron chi connectivity index (χ2n) is 7.17. The fourth-order valence-electron chi connectivity index (χ4n) is 4.75. The Morgan fingerprint density at radius 3 is 2.75 bits per heavy atom. The first kappa shape index (κ1) is 14.8. The molecular formula is C17H32N2O. The van der Waals surface area contributed by atoms with Crippen LogP contribution in [-0.4, -0.2) is 43.9 Å². The standard InChI is InChI=1S/C17H32N2O/c1-20-11-9-16-12-15-8-5-10-18-17(15)19(16)13-14-6-3-2-4-7-14/h14-18H,2-13H2,1H3. The van der Waals surface area contributed by atoms with Gasteiger partial charge >= 0.3 is 0 Å². The van der Waals surface area contributed by atoms with Gasteiger partial charge in [0.05, 0.1) is 6.17 Å². The van der Waals surface area contributed by atoms with Crippen molar-refractivity contribution in [2.45, 2.75) is 70.0 Å². The summed E-state index contributed by atoms with van der Waals surface area (Å²) in [4.78, 5) is 2.83. The lowest BCUT2D eigenvalue weighted by molar-refractivity contribution is 0.0843. The summed E-state index contributed by atoms with van der Waals surface area (Å²) in [5, 5.41) is 3.81. The molecule has 2 saturated heterocycles. The molecule has 2 aliphatic heterocycles. The van der Waals surface area contributed by atoms with Crippen molar-refractivity contribution < 1.29 is 4.74 Å². The Hall–Kier alpha value is -0.120. The molecule has 1 saturated carbocycles. The predicted octanol–water partition coefficient (Wildman–Crippen LogP) is 3.00. The molecule has 20 heavy (non-hydrogen) atoms. The predicted molar refractivity (Wildman–Crippen MR) is 82.7 cm³/mol. The summed E-state index contributed by atoms with van der Waals surface area (Å²) in [6.07, 6.45) is 13.4. The van der Waals surface area contributed by atoms with E-state index < -0.39 is 0 Å². The number of piperidine rings is 1. The Morgan fingerprint density at radius 1 is 1.10 bits per heavy atom. The Labute approximate surface area is 124 Å². The lowest BCUT2D eigenvalue weighted by Gasteiger charge is -2.37. The van der Waals surface area contributed by atoms with Crippen molar-refractivity contribution in [2.24, 2.45) is 11.8 Å². The molecule has 1 N–H and O–H groups in total. The molecule has 0 aromatic rings. The number of hydrogen-bond acceptors (Lipinski definition) is 3. The first-order valence-electron chi connectivity index (χ1n) is 8.86. The van der Waals surface area contributed by atoms with Crippen LogP contribution in [0, 0.1) is 11.8 Å². The van der Waals surface area contributed by atoms with E-state index in [-0.39, 0.29) is 0 Å². The quantitative estimate of drug-likeness (QED) is 0.838. The summed E-state index contributed by atoms with van der Waals surface area (Å²) >= 11 is 0. The van der Waals surface area contributed by atoms with Crippen LogP contribution in [-0.2, 0) is 4.74 Å². The van der Waals surface area contributed by atoms with Crippen LogP contribution >= 0.6 is 0 Å². The van der Waals surface area contributed by atoms with E-state index in [0.717, 1.165) is 24.5 Å². The molecule has 116 valence electrons. The first-order chi connectivity index (χ1) is 9.88. The van der Waals surface area contributed by atoms with Crippen LogP contribution in [0.1, 0.15) is 57.8 Å². The molecule has 0 bridgehead atoms. The lowest BCUT2D eigenvalue weighted by atomic mass is 9.88. The Kier molecular flexibility index (Phi) is 5.36. The van der Waals surface area contributed by atoms with E-state index in [1.165, 1.54) is 70.9 Å². The first-order valence-corrected chi connectivity index (χ1v) is 8.86. The van der Waals surface area contributed by atoms with Crippen LogP contribution in [0.5, 0.6) is 0 Å². The normalized spacial score (nSPS) is 36.1. The number of likely N-dealkylation sites (tertiary alicyclic amines) is 1. The Balaban J connectivity index is 1.62. The SMILES string of the molecule is COCCC1CC2CCCNC2N1CC1CCCCC1. The van der Waals surface area contributed by atoms with E-state index in [1.54, 1.807) is 0 Å². The lowest BCUT2D eigenvalue weighted by Crippen LogP contribution is -2.51. The van der Waals surface area contributed by atoms with Gasteiger partial charge < -0.3 is 10.1 Å². The number of nitrogens with zero attached hydrogens (tertiary/aromatic N) is 1. The van der Waals surface area contributed by atoms with Crippen molar-refractivity contribution in [1.82, 2.24) is 10.2 Å². The van der Waals surface area contributed by atoms with E-state index in [4.69, 9.17) is 4.74 Å². The molecule has 0 amide bonds. The van der Waals surface area contributed by atoms with Crippen LogP contribution in [0.3, 0.4) is 0 Å². The van der Waals surface area contributed by atoms with Gasteiger partial charge in [0.25, 0.3) is 0 Å². The number of hydrogen-bond donors (Lipinski definition) is 1. The highest BCUT2D eigenvalue weighted by Gasteiger charge is 2.42. The van der Waals surface area contributed by atoms with Crippen molar-refractivity contribution in [1.29, 1.82) is 0 Å². The van der Waals surface area contributed by atoms with Gasteiger partial charge in [0.15, 0.2) is 0 Å². The molecule has 3 aliphatic rings. The zero-order valence-electron chi connectivity index (χ0n) is 13.2. The van der Waals surface area contributed by atoms with Crippen molar-refractivity contribution >= 4 is 0 Å². The molecule has 3 rings (SSSR count). The molecule has 3 unspecified atom stereocenters. The summed E-state index contributed by atoms with van der Waals surface area (Å²) in [6.45, 7) is 3.48. The number of ether oxygens (including phenoxy) is 1. The molecular weight excluding hydrogens is 248 g/mol. The summed E-state index contributed by atoms with van der Waals surface area (Å²) in [7, 11) is 1.84. The molecule has 3 heteroatoms. The number of methoxy groups -OCH3 is 1. The van der Waals surface area contributed by atoms with E-state index in [2.05, 4.69) is 10.2 Å². The molecule has 1 aliphatic carbocycles. The van der Waals surface area contributed by atoms with Crippen molar-refractivity contribution in [3.63, 3.8) is 0 Å². The maximum Gasteiger partial charge on any atom is 0.0629 e. The number of fused-ring (bicyclic) bond motifs is 1. The average Bonchev–Trinajstić information content (AvgIpc) is 2.84. The fourth-order valence-corrected chi connectivity index (χ4v) is 4.75. The summed E-state index contributed by atoms with van der Waals surface area (Å²) < 4.78 is 5.35. The monoisotopic (exact) mass is 280 g/mol. The van der Waals surface area contributed by atoms with Gasteiger partial charge in [-0.2, -0.15) is 0 Å². The van der Waals surface area contributed by atoms with Gasteiger partial charge in [-0.25, -0.2) is 0 Å². The van der Waals surface area contributed by atoms with Crippen molar-refractivity contribution in [2.75, 3.05) is 26.8 Å². The molecule has 3 nitrogen and oxygen atoms in total. The third-order valence-electron chi connectivity index (χ3n) is 5.80. The highest BCUT2D eigenvalue weighted by Crippen LogP contribution is 2.37. The van der Waals surface area contributed by atoms with Gasteiger partial charge in [-0.15, -0.1) is 0 Å². The minimum absolute atomic E-state index is 0.674. The highest BCUT2D eigenvalue weighted by molar-refractivity contribution is 4.95. The van der Waals surface area contributed by atoms with E-state index in [9.17, 15) is 0 Å². The molecule has 0 aromatic heterocycles. The molecule has 3 atom stereocenters. The summed E-state index contributed by atoms with van der Waals surface area (Å²) in [5.74, 6) is 1.85. The number of rotatable bonds is 5. The summed E-state index contributed by atoms with van der Waals surface area (Å²) in [6, 6.07) is 0.762. The maximum atomic E-state index is 5.35. The van der Waals surface area contributed by atoms with Crippen LogP contribution in [0.4, 0.5) is 0 Å². The van der Waals surface area contributed by atoms with Crippen LogP contribution < -0.4 is 5.32 Å². The Morgan fingerprint density at radius 2 is 1.95 bits per heavy atom. The number of nitrogens with one attached hydrogen (secondary N) is 1. The zero-order chi connectivity index (χ0) is 13.8. The smallest absolute Gasteiger partial charge is 0.0629 e. The maximum absolute atomic E-state index is 5.35. The van der Waals surface area contributed by atoms with E-state index >= 15 is 0 Å². The van der Waals surface area contributed by atoms with Crippen LogP contribution in [0.15, 0.2) is 0 Å². The van der Waals surface area contributed by atoms with Gasteiger partial charge in [0.2, 0.25) is 0 Å². The molecule has 3 fully saturated rings. The van der Waals surface area contributed by atoms with Crippen LogP contribution in [0.25, 0.3) is 0 Å². The second kappa shape index (κ2) is 7.24. The largest absolute Gasteiger partial charge is 0.385 e. The topological polar surface area (TPSA) is 24.5 Å². The second-order valence-corrected chi connectivity index (χ2v) is 7.17.